The molecule has 0 aliphatic carbocycles. The third-order valence-electron chi connectivity index (χ3n) is 2.23. The van der Waals surface area contributed by atoms with Crippen molar-refractivity contribution in [2.24, 2.45) is 4.99 Å². The van der Waals surface area contributed by atoms with Crippen molar-refractivity contribution in [1.82, 2.24) is 5.31 Å². The monoisotopic (exact) mass is 305 g/mol. The van der Waals surface area contributed by atoms with Crippen molar-refractivity contribution in [3.05, 3.63) is 52.9 Å². The lowest BCUT2D eigenvalue weighted by atomic mass is 10.0. The standard InChI is InChI=1S/C15H11N3O4/c16-6-9-2-1-3-10(4-9)11-5-12(19)14(17-7-11)15(22)18-8-13(20)21/h1-5,7,18,22H,8H2,(H,20,21)/i1D,2D,3D,4D,5D,7D,8D/hD. The number of carboxylic acid groups (broad SMARTS) is 1. The summed E-state index contributed by atoms with van der Waals surface area (Å²) in [6, 6.07) is -2.63. The quantitative estimate of drug-likeness (QED) is 0.563. The molecule has 2 rings (SSSR count). The van der Waals surface area contributed by atoms with E-state index in [2.05, 4.69) is 4.99 Å². The normalized spacial score (nSPS) is 23.2. The molecule has 1 atom stereocenters. The van der Waals surface area contributed by atoms with E-state index in [-0.39, 0.29) is 5.31 Å². The van der Waals surface area contributed by atoms with Crippen LogP contribution in [0.1, 0.15) is 20.7 Å². The van der Waals surface area contributed by atoms with Crippen molar-refractivity contribution in [3.63, 3.8) is 0 Å². The van der Waals surface area contributed by atoms with Crippen LogP contribution in [0.25, 0.3) is 5.57 Å². The van der Waals surface area contributed by atoms with E-state index in [1.165, 1.54) is 6.07 Å². The Kier molecular flexibility index (Phi) is 2.19. The van der Waals surface area contributed by atoms with Crippen LogP contribution in [0.5, 0.6) is 0 Å². The third-order valence-corrected chi connectivity index (χ3v) is 2.23. The highest BCUT2D eigenvalue weighted by Crippen LogP contribution is 2.20. The predicted octanol–water partition coefficient (Wildman–Crippen LogP) is 0.996. The molecule has 1 aromatic rings. The van der Waals surface area contributed by atoms with Crippen molar-refractivity contribution in [2.75, 3.05) is 6.52 Å². The van der Waals surface area contributed by atoms with Crippen LogP contribution in [0.3, 0.4) is 0 Å². The van der Waals surface area contributed by atoms with Crippen LogP contribution in [-0.4, -0.2) is 34.7 Å². The lowest BCUT2D eigenvalue weighted by Gasteiger charge is -2.10. The summed E-state index contributed by atoms with van der Waals surface area (Å²) in [7, 11) is 0. The summed E-state index contributed by atoms with van der Waals surface area (Å²) in [5.41, 5.74) is -3.05. The molecule has 0 fully saturated rings. The molecular formula is C15H11N3O4. The highest BCUT2D eigenvalue weighted by Gasteiger charge is 2.18. The Balaban J connectivity index is 2.76. The number of carboxylic acids is 1. The van der Waals surface area contributed by atoms with Gasteiger partial charge in [-0.15, -0.1) is 0 Å². The zero-order valence-corrected chi connectivity index (χ0v) is 10.6. The van der Waals surface area contributed by atoms with Crippen molar-refractivity contribution in [2.45, 2.75) is 0 Å². The average Bonchev–Trinajstić information content (AvgIpc) is 2.70. The molecule has 0 aromatic heterocycles. The van der Waals surface area contributed by atoms with Gasteiger partial charge in [-0.25, -0.2) is 4.99 Å². The van der Waals surface area contributed by atoms with Gasteiger partial charge in [-0.1, -0.05) is 12.1 Å². The van der Waals surface area contributed by atoms with Crippen molar-refractivity contribution >= 4 is 23.5 Å². The molecule has 0 amide bonds. The molecule has 0 spiro atoms. The number of benzene rings is 1. The Labute approximate surface area is 136 Å². The fraction of sp³-hybridized carbons (Fsp3) is 0.0667. The fourth-order valence-corrected chi connectivity index (χ4v) is 1.34. The lowest BCUT2D eigenvalue weighted by molar-refractivity contribution is -0.136. The second-order valence-corrected chi connectivity index (χ2v) is 3.68. The van der Waals surface area contributed by atoms with E-state index in [0.29, 0.717) is 0 Å². The number of nitrogens with one attached hydrogen (secondary N) is 1. The van der Waals surface area contributed by atoms with E-state index in [4.69, 9.17) is 21.4 Å². The number of aliphatic hydroxyl groups excluding tert-OH is 1. The van der Waals surface area contributed by atoms with Gasteiger partial charge in [-0.2, -0.15) is 5.26 Å². The second-order valence-electron chi connectivity index (χ2n) is 3.68. The number of carbonyl (C=O) groups is 2. The highest BCUT2D eigenvalue weighted by molar-refractivity contribution is 6.24. The van der Waals surface area contributed by atoms with Gasteiger partial charge < -0.3 is 15.5 Å². The third kappa shape index (κ3) is 3.37. The Morgan fingerprint density at radius 2 is 2.32 bits per heavy atom. The maximum Gasteiger partial charge on any atom is 0.322 e. The molecule has 22 heavy (non-hydrogen) atoms. The summed E-state index contributed by atoms with van der Waals surface area (Å²) in [5.74, 6) is -4.65. The van der Waals surface area contributed by atoms with Crippen LogP contribution in [0, 0.1) is 11.3 Å². The van der Waals surface area contributed by atoms with Crippen LogP contribution in [-0.2, 0) is 9.59 Å². The fourth-order valence-electron chi connectivity index (χ4n) is 1.34. The second kappa shape index (κ2) is 6.37. The molecule has 0 saturated carbocycles. The van der Waals surface area contributed by atoms with Gasteiger partial charge in [0.05, 0.1) is 21.2 Å². The van der Waals surface area contributed by atoms with Gasteiger partial charge in [0.25, 0.3) is 0 Å². The molecule has 0 bridgehead atoms. The first-order chi connectivity index (χ1) is 13.9. The van der Waals surface area contributed by atoms with Gasteiger partial charge in [-0.05, 0) is 23.7 Å². The van der Waals surface area contributed by atoms with E-state index in [1.54, 1.807) is 0 Å². The van der Waals surface area contributed by atoms with Crippen molar-refractivity contribution < 1.29 is 30.8 Å². The molecule has 7 nitrogen and oxygen atoms in total. The summed E-state index contributed by atoms with van der Waals surface area (Å²) in [6.45, 7) is -2.34. The minimum absolute atomic E-state index is 0.277. The first-order valence-electron chi connectivity index (χ1n) is 9.57. The van der Waals surface area contributed by atoms with Crippen LogP contribution in [0.2, 0.25) is 1.41 Å². The molecule has 1 aliphatic rings. The number of rotatable bonds is 4. The van der Waals surface area contributed by atoms with Gasteiger partial charge in [-0.3, -0.25) is 9.59 Å². The number of aliphatic imine (C=N–C) groups is 1. The van der Waals surface area contributed by atoms with Crippen LogP contribution in [0.15, 0.2) is 46.8 Å². The van der Waals surface area contributed by atoms with E-state index in [9.17, 15) is 14.7 Å². The maximum atomic E-state index is 12.5. The molecule has 1 unspecified atom stereocenters. The Hall–Kier alpha value is -3.40. The van der Waals surface area contributed by atoms with E-state index < -0.39 is 83.0 Å². The number of hydrogen-bond acceptors (Lipinski definition) is 6. The minimum Gasteiger partial charge on any atom is -0.493 e. The number of aliphatic hydroxyl groups is 1. The maximum absolute atomic E-state index is 12.5. The first kappa shape index (κ1) is 7.56. The number of ketones is 1. The topological polar surface area (TPSA) is 123 Å². The lowest BCUT2D eigenvalue weighted by Crippen LogP contribution is -2.24. The SMILES string of the molecule is [2H]C1=NC(=C(O)N([2H])C([2H])C(=O)O)C(=O)C([2H])=C1c1c([2H])c([2H])c([2H])c(C#N)c1[2H]. The predicted molar refractivity (Wildman–Crippen MR) is 77.9 cm³/mol. The molecular weight excluding hydrogens is 286 g/mol. The number of nitriles is 1. The van der Waals surface area contributed by atoms with Crippen LogP contribution in [0.4, 0.5) is 0 Å². The number of aliphatic carboxylic acids is 1. The van der Waals surface area contributed by atoms with Crippen molar-refractivity contribution in [3.8, 4) is 6.07 Å². The number of dihydropyridines is 1. The molecule has 1 heterocycles. The summed E-state index contributed by atoms with van der Waals surface area (Å²) >= 11 is 0. The molecule has 7 heteroatoms. The van der Waals surface area contributed by atoms with Gasteiger partial charge in [0.1, 0.15) is 6.52 Å². The zero-order valence-electron chi connectivity index (χ0n) is 18.6. The summed E-state index contributed by atoms with van der Waals surface area (Å²) < 4.78 is 61.9. The molecule has 3 N–H and O–H groups in total. The number of allylic oxidation sites excluding steroid dienone is 2. The molecule has 0 saturated heterocycles. The van der Waals surface area contributed by atoms with E-state index in [1.807, 2.05) is 0 Å². The highest BCUT2D eigenvalue weighted by atomic mass is 16.4. The molecule has 0 radical (unpaired) electrons. The zero-order chi connectivity index (χ0) is 23.1. The largest absolute Gasteiger partial charge is 0.493 e. The van der Waals surface area contributed by atoms with E-state index >= 15 is 0 Å². The molecule has 1 aliphatic heterocycles. The number of hydrogen-bond donors (Lipinski definition) is 3. The van der Waals surface area contributed by atoms with Gasteiger partial charge in [0.15, 0.2) is 7.11 Å². The Bertz CT molecular complexity index is 1120. The van der Waals surface area contributed by atoms with E-state index in [0.717, 1.165) is 0 Å². The Morgan fingerprint density at radius 3 is 3.00 bits per heavy atom. The molecule has 110 valence electrons. The summed E-state index contributed by atoms with van der Waals surface area (Å²) in [4.78, 5) is 26.7. The van der Waals surface area contributed by atoms with Crippen LogP contribution < -0.4 is 5.31 Å². The summed E-state index contributed by atoms with van der Waals surface area (Å²) in [5, 5.41) is 27.5. The smallest absolute Gasteiger partial charge is 0.322 e. The summed E-state index contributed by atoms with van der Waals surface area (Å²) in [6.07, 6.45) is -0.950. The average molecular weight is 305 g/mol. The number of carbonyl (C=O) groups excluding carboxylic acids is 1. The van der Waals surface area contributed by atoms with Gasteiger partial charge >= 0.3 is 5.97 Å². The van der Waals surface area contributed by atoms with Crippen molar-refractivity contribution in [1.29, 1.82) is 5.26 Å². The van der Waals surface area contributed by atoms with Gasteiger partial charge in [0.2, 0.25) is 11.7 Å². The number of nitrogens with zero attached hydrogens (tertiary/aromatic N) is 2. The molecule has 1 aromatic carbocycles. The minimum atomic E-state index is -2.34. The van der Waals surface area contributed by atoms with Gasteiger partial charge in [0, 0.05) is 11.8 Å². The Morgan fingerprint density at radius 1 is 1.55 bits per heavy atom. The first-order valence-corrected chi connectivity index (χ1v) is 5.55. The van der Waals surface area contributed by atoms with Crippen LogP contribution >= 0.6 is 0 Å².